The third-order valence-electron chi connectivity index (χ3n) is 2.88. The van der Waals surface area contributed by atoms with E-state index in [0.717, 1.165) is 11.5 Å². The van der Waals surface area contributed by atoms with Crippen molar-refractivity contribution < 1.29 is 13.9 Å². The molecule has 3 nitrogen and oxygen atoms in total. The molecule has 1 amide bonds. The molecule has 0 heterocycles. The molecule has 2 rings (SSSR count). The average Bonchev–Trinajstić information content (AvgIpc) is 2.51. The smallest absolute Gasteiger partial charge is 0.234 e. The minimum atomic E-state index is -0.319. The number of carbonyl (C=O) groups is 1. The van der Waals surface area contributed by atoms with Gasteiger partial charge in [0.2, 0.25) is 5.91 Å². The fourth-order valence-corrected chi connectivity index (χ4v) is 2.35. The molecule has 0 spiro atoms. The molecule has 0 aliphatic rings. The number of ether oxygens (including phenoxy) is 1. The minimum Gasteiger partial charge on any atom is -0.493 e. The van der Waals surface area contributed by atoms with Crippen molar-refractivity contribution in [2.75, 3.05) is 23.4 Å². The van der Waals surface area contributed by atoms with Gasteiger partial charge in [0.15, 0.2) is 0 Å². The van der Waals surface area contributed by atoms with Crippen LogP contribution >= 0.6 is 11.8 Å². The van der Waals surface area contributed by atoms with Crippen LogP contribution in [0, 0.1) is 12.7 Å². The van der Waals surface area contributed by atoms with Gasteiger partial charge in [-0.1, -0.05) is 17.7 Å². The standard InChI is InChI=1S/C17H18FNO2S/c1-13-2-8-16(9-3-13)21-10-11-22-12-17(20)19-15-6-4-14(18)5-7-15/h2-9H,10-12H2,1H3,(H,19,20). The van der Waals surface area contributed by atoms with Crippen LogP contribution in [0.15, 0.2) is 48.5 Å². The first kappa shape index (κ1) is 16.4. The third kappa shape index (κ3) is 5.77. The van der Waals surface area contributed by atoms with Crippen LogP contribution in [0.4, 0.5) is 10.1 Å². The molecule has 0 aliphatic heterocycles. The van der Waals surface area contributed by atoms with Crippen LogP contribution in [0.1, 0.15) is 5.56 Å². The van der Waals surface area contributed by atoms with Crippen molar-refractivity contribution in [3.63, 3.8) is 0 Å². The number of amides is 1. The van der Waals surface area contributed by atoms with Crippen LogP contribution in [0.25, 0.3) is 0 Å². The van der Waals surface area contributed by atoms with Crippen LogP contribution in [0.3, 0.4) is 0 Å². The van der Waals surface area contributed by atoms with E-state index >= 15 is 0 Å². The van der Waals surface area contributed by atoms with E-state index in [9.17, 15) is 9.18 Å². The van der Waals surface area contributed by atoms with Crippen LogP contribution in [-0.4, -0.2) is 24.0 Å². The SMILES string of the molecule is Cc1ccc(OCCSCC(=O)Nc2ccc(F)cc2)cc1. The lowest BCUT2D eigenvalue weighted by Crippen LogP contribution is -2.15. The lowest BCUT2D eigenvalue weighted by molar-refractivity contribution is -0.113. The van der Waals surface area contributed by atoms with Crippen LogP contribution in [0.5, 0.6) is 5.75 Å². The molecule has 0 saturated heterocycles. The van der Waals surface area contributed by atoms with Gasteiger partial charge in [0, 0.05) is 11.4 Å². The monoisotopic (exact) mass is 319 g/mol. The van der Waals surface area contributed by atoms with E-state index in [4.69, 9.17) is 4.74 Å². The molecule has 2 aromatic carbocycles. The Morgan fingerprint density at radius 3 is 2.50 bits per heavy atom. The highest BCUT2D eigenvalue weighted by atomic mass is 32.2. The highest BCUT2D eigenvalue weighted by Crippen LogP contribution is 2.12. The van der Waals surface area contributed by atoms with Crippen molar-refractivity contribution in [3.8, 4) is 5.75 Å². The minimum absolute atomic E-state index is 0.105. The molecule has 22 heavy (non-hydrogen) atoms. The van der Waals surface area contributed by atoms with Gasteiger partial charge in [0.05, 0.1) is 12.4 Å². The lowest BCUT2D eigenvalue weighted by Gasteiger charge is -2.07. The number of nitrogens with one attached hydrogen (secondary N) is 1. The molecular weight excluding hydrogens is 301 g/mol. The fraction of sp³-hybridized carbons (Fsp3) is 0.235. The predicted molar refractivity (Wildman–Crippen MR) is 89.0 cm³/mol. The Balaban J connectivity index is 1.61. The van der Waals surface area contributed by atoms with Crippen LogP contribution in [-0.2, 0) is 4.79 Å². The van der Waals surface area contributed by atoms with Gasteiger partial charge in [-0.2, -0.15) is 0 Å². The van der Waals surface area contributed by atoms with Gasteiger partial charge in [-0.25, -0.2) is 4.39 Å². The molecule has 0 aromatic heterocycles. The number of benzene rings is 2. The third-order valence-corrected chi connectivity index (χ3v) is 3.80. The second-order valence-corrected chi connectivity index (χ2v) is 5.87. The first-order chi connectivity index (χ1) is 10.6. The topological polar surface area (TPSA) is 38.3 Å². The van der Waals surface area contributed by atoms with Crippen molar-refractivity contribution in [2.24, 2.45) is 0 Å². The number of hydrogen-bond acceptors (Lipinski definition) is 3. The van der Waals surface area contributed by atoms with E-state index in [1.165, 1.54) is 29.5 Å². The summed E-state index contributed by atoms with van der Waals surface area (Å²) in [5.74, 6) is 1.48. The van der Waals surface area contributed by atoms with Gasteiger partial charge < -0.3 is 10.1 Å². The zero-order valence-corrected chi connectivity index (χ0v) is 13.2. The molecule has 5 heteroatoms. The summed E-state index contributed by atoms with van der Waals surface area (Å²) in [7, 11) is 0. The number of carbonyl (C=O) groups excluding carboxylic acids is 1. The van der Waals surface area contributed by atoms with Gasteiger partial charge in [0.1, 0.15) is 11.6 Å². The maximum Gasteiger partial charge on any atom is 0.234 e. The van der Waals surface area contributed by atoms with E-state index < -0.39 is 0 Å². The number of thioether (sulfide) groups is 1. The molecule has 2 aromatic rings. The summed E-state index contributed by atoms with van der Waals surface area (Å²) < 4.78 is 18.3. The highest BCUT2D eigenvalue weighted by molar-refractivity contribution is 7.99. The molecule has 0 saturated carbocycles. The Hall–Kier alpha value is -2.01. The number of aryl methyl sites for hydroxylation is 1. The quantitative estimate of drug-likeness (QED) is 0.787. The van der Waals surface area contributed by atoms with E-state index in [0.29, 0.717) is 18.0 Å². The largest absolute Gasteiger partial charge is 0.493 e. The number of halogens is 1. The van der Waals surface area contributed by atoms with E-state index in [-0.39, 0.29) is 11.7 Å². The maximum atomic E-state index is 12.7. The predicted octanol–water partition coefficient (Wildman–Crippen LogP) is 3.88. The summed E-state index contributed by atoms with van der Waals surface area (Å²) in [5.41, 5.74) is 1.79. The summed E-state index contributed by atoms with van der Waals surface area (Å²) in [6.07, 6.45) is 0. The van der Waals surface area contributed by atoms with Crippen LogP contribution in [0.2, 0.25) is 0 Å². The van der Waals surface area contributed by atoms with Crippen molar-refractivity contribution >= 4 is 23.4 Å². The molecule has 0 radical (unpaired) electrons. The van der Waals surface area contributed by atoms with Crippen molar-refractivity contribution in [3.05, 3.63) is 59.9 Å². The molecular formula is C17H18FNO2S. The lowest BCUT2D eigenvalue weighted by atomic mass is 10.2. The second-order valence-electron chi connectivity index (χ2n) is 4.77. The Labute approximate surface area is 133 Å². The summed E-state index contributed by atoms with van der Waals surface area (Å²) in [6.45, 7) is 2.58. The Morgan fingerprint density at radius 2 is 1.82 bits per heavy atom. The molecule has 1 N–H and O–H groups in total. The first-order valence-electron chi connectivity index (χ1n) is 6.96. The Kier molecular flexibility index (Phi) is 6.27. The zero-order valence-electron chi connectivity index (χ0n) is 12.3. The van der Waals surface area contributed by atoms with Gasteiger partial charge >= 0.3 is 0 Å². The summed E-state index contributed by atoms with van der Waals surface area (Å²) in [4.78, 5) is 11.7. The molecule has 0 atom stereocenters. The molecule has 116 valence electrons. The maximum absolute atomic E-state index is 12.7. The Bertz CT molecular complexity index is 599. The number of anilines is 1. The van der Waals surface area contributed by atoms with Crippen molar-refractivity contribution in [2.45, 2.75) is 6.92 Å². The molecule has 0 fully saturated rings. The van der Waals surface area contributed by atoms with Crippen molar-refractivity contribution in [1.29, 1.82) is 0 Å². The normalized spacial score (nSPS) is 10.3. The van der Waals surface area contributed by atoms with E-state index in [1.807, 2.05) is 31.2 Å². The van der Waals surface area contributed by atoms with E-state index in [2.05, 4.69) is 5.32 Å². The molecule has 0 bridgehead atoms. The zero-order chi connectivity index (χ0) is 15.8. The highest BCUT2D eigenvalue weighted by Gasteiger charge is 2.03. The average molecular weight is 319 g/mol. The number of rotatable bonds is 7. The van der Waals surface area contributed by atoms with Gasteiger partial charge in [-0.15, -0.1) is 11.8 Å². The first-order valence-corrected chi connectivity index (χ1v) is 8.11. The van der Waals surface area contributed by atoms with E-state index in [1.54, 1.807) is 12.1 Å². The fourth-order valence-electron chi connectivity index (χ4n) is 1.75. The number of hydrogen-bond donors (Lipinski definition) is 1. The summed E-state index contributed by atoms with van der Waals surface area (Å²) >= 11 is 1.50. The van der Waals surface area contributed by atoms with Crippen molar-refractivity contribution in [1.82, 2.24) is 0 Å². The van der Waals surface area contributed by atoms with Crippen LogP contribution < -0.4 is 10.1 Å². The Morgan fingerprint density at radius 1 is 1.14 bits per heavy atom. The summed E-state index contributed by atoms with van der Waals surface area (Å²) in [6, 6.07) is 13.6. The second kappa shape index (κ2) is 8.44. The summed E-state index contributed by atoms with van der Waals surface area (Å²) in [5, 5.41) is 2.72. The molecule has 0 unspecified atom stereocenters. The van der Waals surface area contributed by atoms with Gasteiger partial charge in [0.25, 0.3) is 0 Å². The molecule has 0 aliphatic carbocycles. The van der Waals surface area contributed by atoms with Gasteiger partial charge in [-0.3, -0.25) is 4.79 Å². The van der Waals surface area contributed by atoms with Gasteiger partial charge in [-0.05, 0) is 43.3 Å².